The van der Waals surface area contributed by atoms with Crippen molar-refractivity contribution in [1.82, 2.24) is 20.4 Å². The quantitative estimate of drug-likeness (QED) is 0.639. The second kappa shape index (κ2) is 9.29. The minimum absolute atomic E-state index is 0.173. The van der Waals surface area contributed by atoms with E-state index < -0.39 is 0 Å². The van der Waals surface area contributed by atoms with Gasteiger partial charge in [0.05, 0.1) is 17.0 Å². The number of aryl methyl sites for hydroxylation is 1. The molecule has 0 saturated heterocycles. The van der Waals surface area contributed by atoms with Gasteiger partial charge in [0, 0.05) is 44.4 Å². The van der Waals surface area contributed by atoms with E-state index in [2.05, 4.69) is 15.5 Å². The number of carbonyl (C=O) groups excluding carboxylic acids is 1. The number of hydrogen-bond acceptors (Lipinski definition) is 6. The van der Waals surface area contributed by atoms with Crippen LogP contribution in [0.25, 0.3) is 22.6 Å². The molecule has 1 fully saturated rings. The Balaban J connectivity index is 1.53. The third kappa shape index (κ3) is 4.93. The summed E-state index contributed by atoms with van der Waals surface area (Å²) in [5.74, 6) is 1.62. The van der Waals surface area contributed by atoms with Crippen molar-refractivity contribution in [3.8, 4) is 22.6 Å². The minimum atomic E-state index is 0.173. The summed E-state index contributed by atoms with van der Waals surface area (Å²) >= 11 is 0. The maximum atomic E-state index is 12.4. The molecule has 1 aliphatic rings. The molecule has 0 bridgehead atoms. The van der Waals surface area contributed by atoms with Crippen LogP contribution in [0.1, 0.15) is 43.4 Å². The zero-order valence-electron chi connectivity index (χ0n) is 18.4. The van der Waals surface area contributed by atoms with Crippen LogP contribution in [0.4, 0.5) is 5.95 Å². The van der Waals surface area contributed by atoms with Gasteiger partial charge in [-0.3, -0.25) is 4.79 Å². The Kier molecular flexibility index (Phi) is 6.30. The Labute approximate surface area is 182 Å². The first kappa shape index (κ1) is 21.0. The molecule has 1 N–H and O–H groups in total. The van der Waals surface area contributed by atoms with Gasteiger partial charge in [-0.05, 0) is 25.3 Å². The van der Waals surface area contributed by atoms with Crippen LogP contribution in [0.15, 0.2) is 41.1 Å². The fourth-order valence-electron chi connectivity index (χ4n) is 3.96. The largest absolute Gasteiger partial charge is 0.356 e. The Bertz CT molecular complexity index is 1040. The lowest BCUT2D eigenvalue weighted by molar-refractivity contribution is -0.126. The molecule has 3 aromatic rings. The van der Waals surface area contributed by atoms with Crippen molar-refractivity contribution < 1.29 is 9.32 Å². The summed E-state index contributed by atoms with van der Waals surface area (Å²) in [6.45, 7) is 2.43. The first-order valence-electron chi connectivity index (χ1n) is 10.9. The monoisotopic (exact) mass is 419 g/mol. The third-order valence-corrected chi connectivity index (χ3v) is 5.74. The second-order valence-electron chi connectivity index (χ2n) is 8.41. The van der Waals surface area contributed by atoms with Crippen molar-refractivity contribution in [1.29, 1.82) is 0 Å². The molecule has 162 valence electrons. The van der Waals surface area contributed by atoms with Crippen molar-refractivity contribution in [2.75, 3.05) is 19.0 Å². The zero-order chi connectivity index (χ0) is 21.8. The molecule has 2 heterocycles. The molecule has 4 rings (SSSR count). The fraction of sp³-hybridized carbons (Fsp3) is 0.417. The van der Waals surface area contributed by atoms with Gasteiger partial charge in [-0.15, -0.1) is 0 Å². The molecule has 2 aromatic heterocycles. The Hall–Kier alpha value is -3.22. The topological polar surface area (TPSA) is 84.2 Å². The van der Waals surface area contributed by atoms with Crippen molar-refractivity contribution in [3.63, 3.8) is 0 Å². The van der Waals surface area contributed by atoms with Gasteiger partial charge in [-0.1, -0.05) is 48.7 Å². The molecule has 0 radical (unpaired) electrons. The molecule has 0 aliphatic heterocycles. The van der Waals surface area contributed by atoms with E-state index in [-0.39, 0.29) is 11.8 Å². The first-order chi connectivity index (χ1) is 15.0. The number of hydrogen-bond donors (Lipinski definition) is 1. The SMILES string of the molecule is Cc1cc(-c2cnc(N(C)C)nc2-c2ccc(CNC(=O)C3CCCCC3)cc2)on1. The van der Waals surface area contributed by atoms with E-state index in [9.17, 15) is 4.79 Å². The van der Waals surface area contributed by atoms with E-state index in [0.717, 1.165) is 53.8 Å². The molecule has 1 aromatic carbocycles. The zero-order valence-corrected chi connectivity index (χ0v) is 18.4. The first-order valence-corrected chi connectivity index (χ1v) is 10.9. The van der Waals surface area contributed by atoms with Crippen LogP contribution < -0.4 is 10.2 Å². The van der Waals surface area contributed by atoms with Gasteiger partial charge in [-0.25, -0.2) is 9.97 Å². The van der Waals surface area contributed by atoms with Gasteiger partial charge in [0.2, 0.25) is 11.9 Å². The molecule has 0 unspecified atom stereocenters. The lowest BCUT2D eigenvalue weighted by Crippen LogP contribution is -2.31. The summed E-state index contributed by atoms with van der Waals surface area (Å²) in [5.41, 5.74) is 4.41. The van der Waals surface area contributed by atoms with Crippen LogP contribution in [-0.4, -0.2) is 35.1 Å². The van der Waals surface area contributed by atoms with Crippen LogP contribution in [0.2, 0.25) is 0 Å². The molecular weight excluding hydrogens is 390 g/mol. The summed E-state index contributed by atoms with van der Waals surface area (Å²) in [6, 6.07) is 9.99. The van der Waals surface area contributed by atoms with Gasteiger partial charge in [0.15, 0.2) is 5.76 Å². The summed E-state index contributed by atoms with van der Waals surface area (Å²) in [7, 11) is 3.82. The number of carbonyl (C=O) groups is 1. The maximum Gasteiger partial charge on any atom is 0.225 e. The Morgan fingerprint density at radius 3 is 2.55 bits per heavy atom. The number of nitrogens with one attached hydrogen (secondary N) is 1. The molecule has 1 saturated carbocycles. The lowest BCUT2D eigenvalue weighted by atomic mass is 9.88. The second-order valence-corrected chi connectivity index (χ2v) is 8.41. The highest BCUT2D eigenvalue weighted by atomic mass is 16.5. The average Bonchev–Trinajstić information content (AvgIpc) is 3.24. The van der Waals surface area contributed by atoms with E-state index in [4.69, 9.17) is 9.51 Å². The van der Waals surface area contributed by atoms with Crippen LogP contribution in [-0.2, 0) is 11.3 Å². The predicted molar refractivity (Wildman–Crippen MR) is 120 cm³/mol. The highest BCUT2D eigenvalue weighted by Crippen LogP contribution is 2.32. The summed E-state index contributed by atoms with van der Waals surface area (Å²) < 4.78 is 5.47. The molecule has 1 aliphatic carbocycles. The van der Waals surface area contributed by atoms with Gasteiger partial charge < -0.3 is 14.7 Å². The van der Waals surface area contributed by atoms with Gasteiger partial charge >= 0.3 is 0 Å². The summed E-state index contributed by atoms with van der Waals surface area (Å²) in [5, 5.41) is 7.09. The van der Waals surface area contributed by atoms with Crippen LogP contribution in [0.3, 0.4) is 0 Å². The molecule has 7 nitrogen and oxygen atoms in total. The normalized spacial score (nSPS) is 14.4. The number of benzene rings is 1. The van der Waals surface area contributed by atoms with Crippen molar-refractivity contribution >= 4 is 11.9 Å². The van der Waals surface area contributed by atoms with Crippen molar-refractivity contribution in [2.24, 2.45) is 5.92 Å². The van der Waals surface area contributed by atoms with Crippen LogP contribution in [0, 0.1) is 12.8 Å². The standard InChI is InChI=1S/C24H29N5O2/c1-16-13-21(31-28-16)20-15-26-24(29(2)3)27-22(20)18-11-9-17(10-12-18)14-25-23(30)19-7-5-4-6-8-19/h9-13,15,19H,4-8,14H2,1-3H3,(H,25,30). The fourth-order valence-corrected chi connectivity index (χ4v) is 3.96. The molecule has 31 heavy (non-hydrogen) atoms. The average molecular weight is 420 g/mol. The Morgan fingerprint density at radius 1 is 1.16 bits per heavy atom. The molecule has 1 amide bonds. The van der Waals surface area contributed by atoms with E-state index in [0.29, 0.717) is 18.3 Å². The highest BCUT2D eigenvalue weighted by Gasteiger charge is 2.21. The number of amides is 1. The summed E-state index contributed by atoms with van der Waals surface area (Å²) in [4.78, 5) is 23.5. The lowest BCUT2D eigenvalue weighted by Gasteiger charge is -2.20. The molecule has 7 heteroatoms. The van der Waals surface area contributed by atoms with Crippen molar-refractivity contribution in [2.45, 2.75) is 45.6 Å². The molecule has 0 atom stereocenters. The minimum Gasteiger partial charge on any atom is -0.356 e. The Morgan fingerprint density at radius 2 is 1.90 bits per heavy atom. The van der Waals surface area contributed by atoms with Gasteiger partial charge in [0.1, 0.15) is 0 Å². The number of rotatable bonds is 6. The number of nitrogens with zero attached hydrogens (tertiary/aromatic N) is 4. The van der Waals surface area contributed by atoms with E-state index in [1.165, 1.54) is 6.42 Å². The van der Waals surface area contributed by atoms with E-state index in [1.807, 2.05) is 56.3 Å². The van der Waals surface area contributed by atoms with Crippen LogP contribution in [0.5, 0.6) is 0 Å². The summed E-state index contributed by atoms with van der Waals surface area (Å²) in [6.07, 6.45) is 7.37. The van der Waals surface area contributed by atoms with Gasteiger partial charge in [-0.2, -0.15) is 0 Å². The van der Waals surface area contributed by atoms with Crippen LogP contribution >= 0.6 is 0 Å². The maximum absolute atomic E-state index is 12.4. The van der Waals surface area contributed by atoms with E-state index in [1.54, 1.807) is 6.20 Å². The third-order valence-electron chi connectivity index (χ3n) is 5.74. The number of anilines is 1. The van der Waals surface area contributed by atoms with Crippen molar-refractivity contribution in [3.05, 3.63) is 47.8 Å². The van der Waals surface area contributed by atoms with E-state index >= 15 is 0 Å². The predicted octanol–water partition coefficient (Wildman–Crippen LogP) is 4.37. The highest BCUT2D eigenvalue weighted by molar-refractivity contribution is 5.79. The smallest absolute Gasteiger partial charge is 0.225 e. The molecule has 0 spiro atoms. The van der Waals surface area contributed by atoms with Gasteiger partial charge in [0.25, 0.3) is 0 Å². The molecular formula is C24H29N5O2. The number of aromatic nitrogens is 3.